The largest absolute Gasteiger partial charge is 0.465 e. The number of amides is 3. The number of fused-ring (bicyclic) bond motifs is 4. The minimum absolute atomic E-state index is 0.0455. The van der Waals surface area contributed by atoms with E-state index >= 15 is 0 Å². The van der Waals surface area contributed by atoms with Crippen molar-refractivity contribution in [2.75, 3.05) is 19.5 Å². The molecule has 0 bridgehead atoms. The average molecular weight is 391 g/mol. The van der Waals surface area contributed by atoms with E-state index in [9.17, 15) is 14.4 Å². The van der Waals surface area contributed by atoms with Gasteiger partial charge in [-0.15, -0.1) is 0 Å². The molecule has 0 aliphatic carbocycles. The first-order valence-electron chi connectivity index (χ1n) is 9.65. The maximum atomic E-state index is 12.9. The SMILES string of the molecule is COC(=O)c1ccc(C2C3Nc4ccccc4C3CC3C(=O)N(C)C(=O)N32)cc1. The van der Waals surface area contributed by atoms with Crippen LogP contribution in [0.3, 0.4) is 0 Å². The van der Waals surface area contributed by atoms with Gasteiger partial charge in [0.1, 0.15) is 6.04 Å². The third kappa shape index (κ3) is 2.46. The fourth-order valence-electron chi connectivity index (χ4n) is 4.98. The maximum absolute atomic E-state index is 12.9. The summed E-state index contributed by atoms with van der Waals surface area (Å²) in [5, 5.41) is 3.58. The number of imide groups is 1. The highest BCUT2D eigenvalue weighted by Gasteiger charge is 2.56. The van der Waals surface area contributed by atoms with Gasteiger partial charge in [-0.2, -0.15) is 0 Å². The van der Waals surface area contributed by atoms with E-state index in [1.807, 2.05) is 30.3 Å². The Bertz CT molecular complexity index is 1020. The van der Waals surface area contributed by atoms with Crippen LogP contribution in [0.2, 0.25) is 0 Å². The van der Waals surface area contributed by atoms with Crippen molar-refractivity contribution in [3.05, 3.63) is 65.2 Å². The molecule has 3 heterocycles. The molecule has 4 unspecified atom stereocenters. The Morgan fingerprint density at radius 3 is 2.55 bits per heavy atom. The molecule has 3 aliphatic rings. The van der Waals surface area contributed by atoms with Gasteiger partial charge in [0.25, 0.3) is 5.91 Å². The van der Waals surface area contributed by atoms with E-state index in [-0.39, 0.29) is 29.9 Å². The number of hydrogen-bond acceptors (Lipinski definition) is 5. The highest BCUT2D eigenvalue weighted by atomic mass is 16.5. The second-order valence-electron chi connectivity index (χ2n) is 7.76. The van der Waals surface area contributed by atoms with Crippen molar-refractivity contribution < 1.29 is 19.1 Å². The van der Waals surface area contributed by atoms with Crippen LogP contribution in [-0.4, -0.2) is 53.9 Å². The molecule has 2 fully saturated rings. The lowest BCUT2D eigenvalue weighted by molar-refractivity contribution is -0.128. The van der Waals surface area contributed by atoms with Crippen LogP contribution in [-0.2, 0) is 9.53 Å². The first kappa shape index (κ1) is 17.7. The predicted octanol–water partition coefficient (Wildman–Crippen LogP) is 2.76. The number of nitrogens with zero attached hydrogens (tertiary/aromatic N) is 2. The van der Waals surface area contributed by atoms with Crippen LogP contribution in [0.1, 0.15) is 39.9 Å². The van der Waals surface area contributed by atoms with Gasteiger partial charge in [-0.3, -0.25) is 9.69 Å². The molecule has 2 aromatic carbocycles. The molecule has 4 atom stereocenters. The number of rotatable bonds is 2. The number of likely N-dealkylation sites (N-methyl/N-ethyl adjacent to an activating group) is 1. The van der Waals surface area contributed by atoms with Gasteiger partial charge in [-0.1, -0.05) is 30.3 Å². The van der Waals surface area contributed by atoms with Crippen molar-refractivity contribution >= 4 is 23.6 Å². The summed E-state index contributed by atoms with van der Waals surface area (Å²) < 4.78 is 4.78. The van der Waals surface area contributed by atoms with Crippen LogP contribution >= 0.6 is 0 Å². The molecule has 3 amide bonds. The lowest BCUT2D eigenvalue weighted by Gasteiger charge is -2.43. The Balaban J connectivity index is 1.60. The summed E-state index contributed by atoms with van der Waals surface area (Å²) in [6.07, 6.45) is 0.598. The summed E-state index contributed by atoms with van der Waals surface area (Å²) in [4.78, 5) is 40.5. The van der Waals surface area contributed by atoms with Crippen LogP contribution < -0.4 is 5.32 Å². The number of esters is 1. The molecule has 7 heteroatoms. The molecule has 0 spiro atoms. The third-order valence-electron chi connectivity index (χ3n) is 6.37. The lowest BCUT2D eigenvalue weighted by atomic mass is 9.78. The van der Waals surface area contributed by atoms with Gasteiger partial charge in [0.15, 0.2) is 0 Å². The lowest BCUT2D eigenvalue weighted by Crippen LogP contribution is -2.51. The minimum atomic E-state index is -0.480. The van der Waals surface area contributed by atoms with Crippen molar-refractivity contribution in [1.82, 2.24) is 9.80 Å². The molecule has 2 aromatic rings. The molecule has 3 aliphatic heterocycles. The molecule has 2 saturated heterocycles. The van der Waals surface area contributed by atoms with Crippen LogP contribution in [0.4, 0.5) is 10.5 Å². The van der Waals surface area contributed by atoms with Gasteiger partial charge in [0, 0.05) is 18.7 Å². The Labute approximate surface area is 168 Å². The normalized spacial score (nSPS) is 27.2. The van der Waals surface area contributed by atoms with Gasteiger partial charge >= 0.3 is 12.0 Å². The number of nitrogens with one attached hydrogen (secondary N) is 1. The summed E-state index contributed by atoms with van der Waals surface area (Å²) in [6.45, 7) is 0. The molecular formula is C22H21N3O4. The topological polar surface area (TPSA) is 79.0 Å². The Hall–Kier alpha value is -3.35. The monoisotopic (exact) mass is 391 g/mol. The van der Waals surface area contributed by atoms with E-state index in [1.165, 1.54) is 24.6 Å². The van der Waals surface area contributed by atoms with Crippen LogP contribution in [0.15, 0.2) is 48.5 Å². The van der Waals surface area contributed by atoms with Crippen molar-refractivity contribution in [2.45, 2.75) is 30.5 Å². The summed E-state index contributed by atoms with van der Waals surface area (Å²) in [7, 11) is 2.88. The van der Waals surface area contributed by atoms with E-state index in [0.717, 1.165) is 11.3 Å². The molecule has 0 aromatic heterocycles. The third-order valence-corrected chi connectivity index (χ3v) is 6.37. The molecule has 7 nitrogen and oxygen atoms in total. The standard InChI is InChI=1S/C22H21N3O4/c1-24-20(26)17-11-15-14-5-3-4-6-16(14)23-18(15)19(25(17)22(24)28)12-7-9-13(10-8-12)21(27)29-2/h3-10,15,17-19,23H,11H2,1-2H3. The zero-order valence-electron chi connectivity index (χ0n) is 16.2. The van der Waals surface area contributed by atoms with Gasteiger partial charge in [0.05, 0.1) is 24.8 Å². The molecule has 148 valence electrons. The number of piperidine rings is 1. The van der Waals surface area contributed by atoms with Crippen LogP contribution in [0.5, 0.6) is 0 Å². The van der Waals surface area contributed by atoms with Crippen molar-refractivity contribution in [1.29, 1.82) is 0 Å². The number of urea groups is 1. The van der Waals surface area contributed by atoms with Crippen LogP contribution in [0.25, 0.3) is 0 Å². The average Bonchev–Trinajstić information content (AvgIpc) is 3.23. The van der Waals surface area contributed by atoms with E-state index in [1.54, 1.807) is 17.0 Å². The first-order valence-corrected chi connectivity index (χ1v) is 9.65. The number of benzene rings is 2. The minimum Gasteiger partial charge on any atom is -0.465 e. The quantitative estimate of drug-likeness (QED) is 0.629. The summed E-state index contributed by atoms with van der Waals surface area (Å²) in [6, 6.07) is 14.1. The summed E-state index contributed by atoms with van der Waals surface area (Å²) in [5.74, 6) is -0.440. The zero-order valence-corrected chi connectivity index (χ0v) is 16.2. The Morgan fingerprint density at radius 1 is 1.10 bits per heavy atom. The number of carbonyl (C=O) groups is 3. The van der Waals surface area contributed by atoms with Gasteiger partial charge in [0.2, 0.25) is 0 Å². The smallest absolute Gasteiger partial charge is 0.337 e. The number of para-hydroxylation sites is 1. The van der Waals surface area contributed by atoms with E-state index in [2.05, 4.69) is 11.4 Å². The number of anilines is 1. The van der Waals surface area contributed by atoms with Crippen molar-refractivity contribution in [2.24, 2.45) is 0 Å². The van der Waals surface area contributed by atoms with Crippen molar-refractivity contribution in [3.63, 3.8) is 0 Å². The molecular weight excluding hydrogens is 370 g/mol. The molecule has 0 radical (unpaired) electrons. The second-order valence-corrected chi connectivity index (χ2v) is 7.76. The second kappa shape index (κ2) is 6.34. The Kier molecular flexibility index (Phi) is 3.87. The van der Waals surface area contributed by atoms with Gasteiger partial charge in [-0.25, -0.2) is 9.59 Å². The predicted molar refractivity (Wildman–Crippen MR) is 106 cm³/mol. The molecule has 5 rings (SSSR count). The van der Waals surface area contributed by atoms with E-state index in [0.29, 0.717) is 12.0 Å². The molecule has 29 heavy (non-hydrogen) atoms. The van der Waals surface area contributed by atoms with Crippen LogP contribution in [0, 0.1) is 0 Å². The fourth-order valence-corrected chi connectivity index (χ4v) is 4.98. The molecule has 0 saturated carbocycles. The van der Waals surface area contributed by atoms with E-state index in [4.69, 9.17) is 4.74 Å². The van der Waals surface area contributed by atoms with Gasteiger partial charge in [-0.05, 0) is 35.7 Å². The highest BCUT2D eigenvalue weighted by molar-refractivity contribution is 6.04. The van der Waals surface area contributed by atoms with E-state index < -0.39 is 12.0 Å². The number of carbonyl (C=O) groups excluding carboxylic acids is 3. The Morgan fingerprint density at radius 2 is 1.83 bits per heavy atom. The summed E-state index contributed by atoms with van der Waals surface area (Å²) >= 11 is 0. The number of ether oxygens (including phenoxy) is 1. The fraction of sp³-hybridized carbons (Fsp3) is 0.318. The van der Waals surface area contributed by atoms with Crippen molar-refractivity contribution in [3.8, 4) is 0 Å². The summed E-state index contributed by atoms with van der Waals surface area (Å²) in [5.41, 5.74) is 3.56. The first-order chi connectivity index (χ1) is 14.0. The number of methoxy groups -OCH3 is 1. The maximum Gasteiger partial charge on any atom is 0.337 e. The zero-order chi connectivity index (χ0) is 20.3. The molecule has 1 N–H and O–H groups in total. The number of hydrogen-bond donors (Lipinski definition) is 1. The van der Waals surface area contributed by atoms with Gasteiger partial charge < -0.3 is 15.0 Å². The highest BCUT2D eigenvalue weighted by Crippen LogP contribution is 2.51.